The number of allylic oxidation sites excluding steroid dienone is 1. The third-order valence-electron chi connectivity index (χ3n) is 4.72. The Labute approximate surface area is 138 Å². The molecule has 124 valence electrons. The highest BCUT2D eigenvalue weighted by Gasteiger charge is 2.28. The molecule has 1 aromatic carbocycles. The molecule has 0 radical (unpaired) electrons. The third kappa shape index (κ3) is 4.21. The van der Waals surface area contributed by atoms with E-state index in [1.165, 1.54) is 0 Å². The minimum absolute atomic E-state index is 0.145. The van der Waals surface area contributed by atoms with E-state index < -0.39 is 0 Å². The van der Waals surface area contributed by atoms with Gasteiger partial charge in [0.1, 0.15) is 5.75 Å². The summed E-state index contributed by atoms with van der Waals surface area (Å²) in [4.78, 5) is 15.1. The van der Waals surface area contributed by atoms with Gasteiger partial charge in [0, 0.05) is 25.6 Å². The third-order valence-corrected chi connectivity index (χ3v) is 4.72. The first kappa shape index (κ1) is 16.2. The van der Waals surface area contributed by atoms with Crippen LogP contribution in [0, 0.1) is 5.92 Å². The number of rotatable bonds is 4. The van der Waals surface area contributed by atoms with Crippen molar-refractivity contribution in [3.8, 4) is 5.75 Å². The Hall–Kier alpha value is -1.65. The molecular weight excluding hydrogens is 290 g/mol. The minimum atomic E-state index is 0.145. The van der Waals surface area contributed by atoms with Crippen molar-refractivity contribution >= 4 is 11.9 Å². The number of hydrogen-bond acceptors (Lipinski definition) is 4. The van der Waals surface area contributed by atoms with Gasteiger partial charge < -0.3 is 9.47 Å². The molecule has 0 N–H and O–H groups in total. The molecule has 3 rings (SSSR count). The van der Waals surface area contributed by atoms with E-state index in [2.05, 4.69) is 4.90 Å². The highest BCUT2D eigenvalue weighted by molar-refractivity contribution is 6.01. The van der Waals surface area contributed by atoms with Gasteiger partial charge >= 0.3 is 0 Å². The van der Waals surface area contributed by atoms with Crippen molar-refractivity contribution in [3.63, 3.8) is 0 Å². The Balaban J connectivity index is 1.66. The van der Waals surface area contributed by atoms with E-state index in [0.29, 0.717) is 5.78 Å². The number of nitrogens with zero attached hydrogens (tertiary/aromatic N) is 1. The van der Waals surface area contributed by atoms with Crippen LogP contribution >= 0.6 is 0 Å². The fraction of sp³-hybridized carbons (Fsp3) is 0.526. The average molecular weight is 315 g/mol. The van der Waals surface area contributed by atoms with Crippen LogP contribution in [0.5, 0.6) is 5.75 Å². The zero-order valence-corrected chi connectivity index (χ0v) is 13.8. The van der Waals surface area contributed by atoms with E-state index in [-0.39, 0.29) is 5.92 Å². The van der Waals surface area contributed by atoms with Crippen molar-refractivity contribution in [1.82, 2.24) is 4.90 Å². The first-order valence-corrected chi connectivity index (χ1v) is 8.45. The lowest BCUT2D eigenvalue weighted by molar-refractivity contribution is -0.121. The number of hydrogen-bond donors (Lipinski definition) is 0. The first-order valence-electron chi connectivity index (χ1n) is 8.45. The molecular formula is C19H25NO3. The maximum Gasteiger partial charge on any atom is 0.163 e. The van der Waals surface area contributed by atoms with Crippen molar-refractivity contribution in [2.75, 3.05) is 40.0 Å². The van der Waals surface area contributed by atoms with Gasteiger partial charge in [-0.1, -0.05) is 12.1 Å². The molecule has 0 bridgehead atoms. The summed E-state index contributed by atoms with van der Waals surface area (Å²) in [5.41, 5.74) is 2.04. The zero-order valence-electron chi connectivity index (χ0n) is 13.8. The smallest absolute Gasteiger partial charge is 0.163 e. The van der Waals surface area contributed by atoms with Gasteiger partial charge in [-0.2, -0.15) is 0 Å². The number of methoxy groups -OCH3 is 1. The number of Topliss-reactive ketones (excluding diaryl/α,β-unsaturated/α-hetero) is 1. The van der Waals surface area contributed by atoms with E-state index in [1.54, 1.807) is 7.11 Å². The van der Waals surface area contributed by atoms with Crippen molar-refractivity contribution in [2.45, 2.75) is 19.3 Å². The van der Waals surface area contributed by atoms with Gasteiger partial charge in [-0.15, -0.1) is 0 Å². The van der Waals surface area contributed by atoms with Crippen LogP contribution in [0.1, 0.15) is 24.8 Å². The molecule has 1 heterocycles. The number of carbonyl (C=O) groups excluding carboxylic acids is 1. The summed E-state index contributed by atoms with van der Waals surface area (Å²) in [6, 6.07) is 7.88. The van der Waals surface area contributed by atoms with Gasteiger partial charge in [0.05, 0.1) is 20.3 Å². The highest BCUT2D eigenvalue weighted by Crippen LogP contribution is 2.28. The zero-order chi connectivity index (χ0) is 16.1. The second-order valence-electron chi connectivity index (χ2n) is 6.31. The molecule has 1 saturated carbocycles. The van der Waals surface area contributed by atoms with Gasteiger partial charge in [0.25, 0.3) is 0 Å². The summed E-state index contributed by atoms with van der Waals surface area (Å²) in [5.74, 6) is 1.32. The quantitative estimate of drug-likeness (QED) is 0.801. The van der Waals surface area contributed by atoms with Gasteiger partial charge in [-0.25, -0.2) is 0 Å². The molecule has 1 aliphatic carbocycles. The number of carbonyl (C=O) groups is 1. The summed E-state index contributed by atoms with van der Waals surface area (Å²) in [6.07, 6.45) is 5.05. The summed E-state index contributed by atoms with van der Waals surface area (Å²) in [5, 5.41) is 0. The summed E-state index contributed by atoms with van der Waals surface area (Å²) < 4.78 is 10.6. The monoisotopic (exact) mass is 315 g/mol. The molecule has 2 aliphatic rings. The maximum atomic E-state index is 12.8. The fourth-order valence-corrected chi connectivity index (χ4v) is 3.37. The Morgan fingerprint density at radius 2 is 2.00 bits per heavy atom. The van der Waals surface area contributed by atoms with Crippen LogP contribution in [0.15, 0.2) is 29.8 Å². The lowest BCUT2D eigenvalue weighted by Gasteiger charge is -2.32. The van der Waals surface area contributed by atoms with E-state index in [9.17, 15) is 4.79 Å². The maximum absolute atomic E-state index is 12.8. The van der Waals surface area contributed by atoms with Gasteiger partial charge in [-0.3, -0.25) is 9.69 Å². The number of benzene rings is 1. The van der Waals surface area contributed by atoms with Gasteiger partial charge in [0.2, 0.25) is 0 Å². The van der Waals surface area contributed by atoms with Gasteiger partial charge in [-0.05, 0) is 48.6 Å². The van der Waals surface area contributed by atoms with Crippen molar-refractivity contribution < 1.29 is 14.3 Å². The largest absolute Gasteiger partial charge is 0.497 e. The van der Waals surface area contributed by atoms with E-state index in [1.807, 2.05) is 30.3 Å². The van der Waals surface area contributed by atoms with Crippen molar-refractivity contribution in [1.29, 1.82) is 0 Å². The fourth-order valence-electron chi connectivity index (χ4n) is 3.37. The second kappa shape index (κ2) is 7.75. The molecule has 1 aromatic rings. The minimum Gasteiger partial charge on any atom is -0.497 e. The predicted octanol–water partition coefficient (Wildman–Crippen LogP) is 2.78. The van der Waals surface area contributed by atoms with E-state index in [0.717, 1.165) is 69.0 Å². The Morgan fingerprint density at radius 1 is 1.26 bits per heavy atom. The van der Waals surface area contributed by atoms with Gasteiger partial charge in [0.15, 0.2) is 5.78 Å². The summed E-state index contributed by atoms with van der Waals surface area (Å²) in [6.45, 7) is 4.34. The van der Waals surface area contributed by atoms with Crippen LogP contribution < -0.4 is 4.74 Å². The Morgan fingerprint density at radius 3 is 2.70 bits per heavy atom. The molecule has 2 fully saturated rings. The summed E-state index contributed by atoms with van der Waals surface area (Å²) >= 11 is 0. The molecule has 1 saturated heterocycles. The highest BCUT2D eigenvalue weighted by atomic mass is 16.5. The molecule has 4 heteroatoms. The first-order chi connectivity index (χ1) is 11.3. The van der Waals surface area contributed by atoms with Crippen LogP contribution in [0.4, 0.5) is 0 Å². The SMILES string of the molecule is COc1ccc(/C=C2/CCCC(CN3CCOCC3)C2=O)cc1. The predicted molar refractivity (Wildman–Crippen MR) is 90.6 cm³/mol. The standard InChI is InChI=1S/C19H25NO3/c1-22-18-7-5-15(6-8-18)13-16-3-2-4-17(19(16)21)14-20-9-11-23-12-10-20/h5-8,13,17H,2-4,9-12,14H2,1H3/b16-13-. The van der Waals surface area contributed by atoms with E-state index in [4.69, 9.17) is 9.47 Å². The average Bonchev–Trinajstić information content (AvgIpc) is 2.60. The lowest BCUT2D eigenvalue weighted by Crippen LogP contribution is -2.42. The number of ether oxygens (including phenoxy) is 2. The van der Waals surface area contributed by atoms with E-state index >= 15 is 0 Å². The van der Waals surface area contributed by atoms with Crippen LogP contribution in [-0.4, -0.2) is 50.6 Å². The van der Waals surface area contributed by atoms with Crippen LogP contribution in [0.3, 0.4) is 0 Å². The topological polar surface area (TPSA) is 38.8 Å². The molecule has 4 nitrogen and oxygen atoms in total. The molecule has 0 spiro atoms. The number of morpholine rings is 1. The van der Waals surface area contributed by atoms with Crippen LogP contribution in [0.2, 0.25) is 0 Å². The molecule has 0 aromatic heterocycles. The second-order valence-corrected chi connectivity index (χ2v) is 6.31. The normalized spacial score (nSPS) is 24.8. The van der Waals surface area contributed by atoms with Crippen LogP contribution in [-0.2, 0) is 9.53 Å². The molecule has 1 atom stereocenters. The Kier molecular flexibility index (Phi) is 5.47. The Bertz CT molecular complexity index is 558. The molecule has 1 aliphatic heterocycles. The number of ketones is 1. The van der Waals surface area contributed by atoms with Crippen molar-refractivity contribution in [3.05, 3.63) is 35.4 Å². The van der Waals surface area contributed by atoms with Crippen molar-refractivity contribution in [2.24, 2.45) is 5.92 Å². The molecule has 23 heavy (non-hydrogen) atoms. The summed E-state index contributed by atoms with van der Waals surface area (Å²) in [7, 11) is 1.66. The molecule has 1 unspecified atom stereocenters. The molecule has 0 amide bonds. The lowest BCUT2D eigenvalue weighted by atomic mass is 9.83. The van der Waals surface area contributed by atoms with Crippen LogP contribution in [0.25, 0.3) is 6.08 Å².